The molecular weight excluding hydrogens is 350 g/mol. The van der Waals surface area contributed by atoms with Gasteiger partial charge in [-0.15, -0.1) is 6.42 Å². The van der Waals surface area contributed by atoms with Crippen molar-refractivity contribution in [3.05, 3.63) is 23.8 Å². The van der Waals surface area contributed by atoms with Gasteiger partial charge >= 0.3 is 0 Å². The summed E-state index contributed by atoms with van der Waals surface area (Å²) in [5.74, 6) is 0.900. The Kier molecular flexibility index (Phi) is 6.94. The molecule has 0 aromatic heterocycles. The molecular formula is C19H21N3O5. The van der Waals surface area contributed by atoms with Crippen LogP contribution in [-0.2, 0) is 14.4 Å². The molecule has 0 saturated heterocycles. The largest absolute Gasteiger partial charge is 0.497 e. The Bertz CT molecular complexity index is 797. The van der Waals surface area contributed by atoms with Crippen LogP contribution in [0.3, 0.4) is 0 Å². The Balaban J connectivity index is 2.33. The van der Waals surface area contributed by atoms with E-state index in [0.717, 1.165) is 0 Å². The van der Waals surface area contributed by atoms with Crippen LogP contribution >= 0.6 is 0 Å². The summed E-state index contributed by atoms with van der Waals surface area (Å²) in [6, 6.07) is 3.44. The van der Waals surface area contributed by atoms with Gasteiger partial charge in [-0.05, 0) is 25.0 Å². The summed E-state index contributed by atoms with van der Waals surface area (Å²) in [6.45, 7) is -0.284. The van der Waals surface area contributed by atoms with E-state index in [9.17, 15) is 19.2 Å². The first kappa shape index (κ1) is 20.0. The van der Waals surface area contributed by atoms with Crippen molar-refractivity contribution >= 4 is 29.2 Å². The van der Waals surface area contributed by atoms with Crippen LogP contribution in [0.2, 0.25) is 0 Å². The number of Topliss-reactive ketones (excluding diaryl/α,β-unsaturated/α-hetero) is 1. The van der Waals surface area contributed by atoms with E-state index in [1.165, 1.54) is 13.2 Å². The summed E-state index contributed by atoms with van der Waals surface area (Å²) < 4.78 is 5.14. The summed E-state index contributed by atoms with van der Waals surface area (Å²) in [5, 5.41) is 7.39. The number of amides is 3. The highest BCUT2D eigenvalue weighted by molar-refractivity contribution is 6.07. The Morgan fingerprint density at radius 1 is 1.11 bits per heavy atom. The van der Waals surface area contributed by atoms with E-state index in [1.54, 1.807) is 12.1 Å². The van der Waals surface area contributed by atoms with Crippen molar-refractivity contribution in [2.45, 2.75) is 31.7 Å². The van der Waals surface area contributed by atoms with Gasteiger partial charge in [0.15, 0.2) is 11.8 Å². The number of nitrogens with one attached hydrogen (secondary N) is 3. The third-order valence-corrected chi connectivity index (χ3v) is 4.02. The van der Waals surface area contributed by atoms with Crippen molar-refractivity contribution in [3.63, 3.8) is 0 Å². The topological polar surface area (TPSA) is 114 Å². The number of hydrogen-bond donors (Lipinski definition) is 3. The van der Waals surface area contributed by atoms with Gasteiger partial charge in [0, 0.05) is 24.5 Å². The zero-order valence-corrected chi connectivity index (χ0v) is 15.0. The lowest BCUT2D eigenvalue weighted by molar-refractivity contribution is -0.127. The lowest BCUT2D eigenvalue weighted by atomic mass is 10.0. The normalized spacial score (nSPS) is 19.3. The molecule has 2 rings (SSSR count). The fraction of sp³-hybridized carbons (Fsp3) is 0.368. The maximum Gasteiger partial charge on any atom is 0.259 e. The van der Waals surface area contributed by atoms with Gasteiger partial charge in [-0.2, -0.15) is 0 Å². The average molecular weight is 371 g/mol. The van der Waals surface area contributed by atoms with E-state index >= 15 is 0 Å². The standard InChI is InChI=1S/C19H21N3O5/c1-3-14-19(26)22-15-10-12(27-2)8-9-13(15)16(23)6-4-5-7-17(24)20-11-18(25)21-14/h1,8-10,14H,4-7,11H2,2H3,(H,20,24)(H,21,25)(H,22,26). The number of ether oxygens (including phenoxy) is 1. The van der Waals surface area contributed by atoms with Crippen LogP contribution in [0.5, 0.6) is 5.75 Å². The lowest BCUT2D eigenvalue weighted by Gasteiger charge is -2.16. The third kappa shape index (κ3) is 5.57. The second-order valence-corrected chi connectivity index (χ2v) is 5.97. The minimum atomic E-state index is -1.26. The van der Waals surface area contributed by atoms with Crippen LogP contribution in [0.1, 0.15) is 36.0 Å². The molecule has 3 N–H and O–H groups in total. The van der Waals surface area contributed by atoms with Crippen LogP contribution in [0, 0.1) is 12.3 Å². The van der Waals surface area contributed by atoms with E-state index in [2.05, 4.69) is 21.9 Å². The molecule has 0 bridgehead atoms. The van der Waals surface area contributed by atoms with Gasteiger partial charge in [0.05, 0.1) is 19.3 Å². The van der Waals surface area contributed by atoms with Gasteiger partial charge in [0.25, 0.3) is 5.91 Å². The second-order valence-electron chi connectivity index (χ2n) is 5.97. The molecule has 1 unspecified atom stereocenters. The van der Waals surface area contributed by atoms with E-state index in [1.807, 2.05) is 0 Å². The van der Waals surface area contributed by atoms with Crippen molar-refractivity contribution < 1.29 is 23.9 Å². The molecule has 8 heteroatoms. The van der Waals surface area contributed by atoms with Crippen LogP contribution < -0.4 is 20.7 Å². The van der Waals surface area contributed by atoms with Gasteiger partial charge in [0.2, 0.25) is 11.8 Å². The van der Waals surface area contributed by atoms with Crippen molar-refractivity contribution in [2.24, 2.45) is 0 Å². The fourth-order valence-corrected chi connectivity index (χ4v) is 2.57. The first-order chi connectivity index (χ1) is 12.9. The van der Waals surface area contributed by atoms with Gasteiger partial charge in [-0.3, -0.25) is 19.2 Å². The van der Waals surface area contributed by atoms with E-state index in [-0.39, 0.29) is 36.8 Å². The summed E-state index contributed by atoms with van der Waals surface area (Å²) in [5.41, 5.74) is 0.563. The molecule has 27 heavy (non-hydrogen) atoms. The molecule has 1 aromatic carbocycles. The molecule has 1 aliphatic heterocycles. The minimum absolute atomic E-state index is 0.176. The predicted molar refractivity (Wildman–Crippen MR) is 98.2 cm³/mol. The highest BCUT2D eigenvalue weighted by Gasteiger charge is 2.22. The Labute approximate surface area is 157 Å². The SMILES string of the molecule is C#CC1NC(=O)CNC(=O)CCCCC(=O)c2ccc(OC)cc2NC1=O. The Morgan fingerprint density at radius 2 is 1.85 bits per heavy atom. The van der Waals surface area contributed by atoms with Gasteiger partial charge in [0.1, 0.15) is 5.75 Å². The number of benzene rings is 1. The number of anilines is 1. The molecule has 3 amide bonds. The van der Waals surface area contributed by atoms with E-state index in [4.69, 9.17) is 11.2 Å². The first-order valence-corrected chi connectivity index (χ1v) is 8.49. The maximum atomic E-state index is 12.5. The summed E-state index contributed by atoms with van der Waals surface area (Å²) in [7, 11) is 1.46. The van der Waals surface area contributed by atoms with Crippen molar-refractivity contribution in [2.75, 3.05) is 19.0 Å². The Morgan fingerprint density at radius 3 is 2.56 bits per heavy atom. The van der Waals surface area contributed by atoms with Crippen LogP contribution in [0.4, 0.5) is 5.69 Å². The number of fused-ring (bicyclic) bond motifs is 1. The average Bonchev–Trinajstić information content (AvgIpc) is 2.66. The molecule has 0 aliphatic carbocycles. The number of methoxy groups -OCH3 is 1. The van der Waals surface area contributed by atoms with Gasteiger partial charge < -0.3 is 20.7 Å². The first-order valence-electron chi connectivity index (χ1n) is 8.49. The quantitative estimate of drug-likeness (QED) is 0.627. The third-order valence-electron chi connectivity index (χ3n) is 4.02. The maximum absolute atomic E-state index is 12.5. The number of terminal acetylenes is 1. The van der Waals surface area contributed by atoms with Crippen molar-refractivity contribution in [1.29, 1.82) is 0 Å². The number of hydrogen-bond acceptors (Lipinski definition) is 5. The lowest BCUT2D eigenvalue weighted by Crippen LogP contribution is -2.46. The molecule has 142 valence electrons. The van der Waals surface area contributed by atoms with Crippen LogP contribution in [0.25, 0.3) is 0 Å². The van der Waals surface area contributed by atoms with E-state index < -0.39 is 17.9 Å². The molecule has 0 spiro atoms. The fourth-order valence-electron chi connectivity index (χ4n) is 2.57. The highest BCUT2D eigenvalue weighted by Crippen LogP contribution is 2.25. The molecule has 0 fully saturated rings. The second kappa shape index (κ2) is 9.38. The number of carbonyl (C=O) groups excluding carboxylic acids is 4. The molecule has 1 heterocycles. The molecule has 0 radical (unpaired) electrons. The smallest absolute Gasteiger partial charge is 0.259 e. The Hall–Kier alpha value is -3.34. The predicted octanol–water partition coefficient (Wildman–Crippen LogP) is 0.625. The number of rotatable bonds is 1. The monoisotopic (exact) mass is 371 g/mol. The van der Waals surface area contributed by atoms with Crippen LogP contribution in [-0.4, -0.2) is 43.2 Å². The zero-order chi connectivity index (χ0) is 19.8. The number of ketones is 1. The van der Waals surface area contributed by atoms with Crippen molar-refractivity contribution in [3.8, 4) is 18.1 Å². The molecule has 1 aliphatic rings. The molecule has 1 aromatic rings. The van der Waals surface area contributed by atoms with E-state index in [0.29, 0.717) is 24.2 Å². The van der Waals surface area contributed by atoms with Crippen LogP contribution in [0.15, 0.2) is 18.2 Å². The highest BCUT2D eigenvalue weighted by atomic mass is 16.5. The van der Waals surface area contributed by atoms with Gasteiger partial charge in [-0.25, -0.2) is 0 Å². The summed E-state index contributed by atoms with van der Waals surface area (Å²) in [6.07, 6.45) is 6.77. The zero-order valence-electron chi connectivity index (χ0n) is 15.0. The minimum Gasteiger partial charge on any atom is -0.497 e. The summed E-state index contributed by atoms with van der Waals surface area (Å²) in [4.78, 5) is 48.6. The molecule has 0 saturated carbocycles. The molecule has 1 atom stereocenters. The van der Waals surface area contributed by atoms with Crippen molar-refractivity contribution in [1.82, 2.24) is 10.6 Å². The number of carbonyl (C=O) groups is 4. The molecule has 8 nitrogen and oxygen atoms in total. The summed E-state index contributed by atoms with van der Waals surface area (Å²) >= 11 is 0. The van der Waals surface area contributed by atoms with Gasteiger partial charge in [-0.1, -0.05) is 5.92 Å².